The summed E-state index contributed by atoms with van der Waals surface area (Å²) in [4.78, 5) is 13.3. The second-order valence-electron chi connectivity index (χ2n) is 6.74. The van der Waals surface area contributed by atoms with Gasteiger partial charge in [-0.15, -0.1) is 0 Å². The molecule has 0 unspecified atom stereocenters. The number of halogens is 1. The van der Waals surface area contributed by atoms with Crippen LogP contribution >= 0.6 is 11.6 Å². The molecule has 0 bridgehead atoms. The topological polar surface area (TPSA) is 79.5 Å². The third-order valence-electron chi connectivity index (χ3n) is 5.01. The summed E-state index contributed by atoms with van der Waals surface area (Å²) in [6, 6.07) is 15.6. The number of benzene rings is 2. The molecule has 0 amide bonds. The van der Waals surface area contributed by atoms with Crippen LogP contribution in [0.1, 0.15) is 0 Å². The zero-order chi connectivity index (χ0) is 20.2. The summed E-state index contributed by atoms with van der Waals surface area (Å²) < 4.78 is 5.24. The van der Waals surface area contributed by atoms with Gasteiger partial charge in [-0.1, -0.05) is 23.7 Å². The second kappa shape index (κ2) is 8.45. The molecule has 0 atom stereocenters. The van der Waals surface area contributed by atoms with Crippen LogP contribution in [0.3, 0.4) is 0 Å². The van der Waals surface area contributed by atoms with E-state index in [2.05, 4.69) is 37.2 Å². The molecule has 0 spiro atoms. The number of hydrogen-bond acceptors (Lipinski definition) is 7. The Bertz CT molecular complexity index is 973. The lowest BCUT2D eigenvalue weighted by molar-refractivity contribution is 0.415. The molecule has 3 aromatic rings. The number of aromatic nitrogens is 2. The first-order chi connectivity index (χ1) is 14.2. The number of piperazine rings is 1. The molecule has 8 heteroatoms. The van der Waals surface area contributed by atoms with Gasteiger partial charge in [0.1, 0.15) is 17.8 Å². The van der Waals surface area contributed by atoms with E-state index in [9.17, 15) is 0 Å². The Labute approximate surface area is 175 Å². The van der Waals surface area contributed by atoms with Gasteiger partial charge in [-0.05, 0) is 36.4 Å². The molecular weight excluding hydrogens is 388 g/mol. The Balaban J connectivity index is 1.46. The van der Waals surface area contributed by atoms with Crippen molar-refractivity contribution in [2.75, 3.05) is 54.1 Å². The van der Waals surface area contributed by atoms with E-state index in [0.717, 1.165) is 43.4 Å². The molecule has 1 aliphatic rings. The highest BCUT2D eigenvalue weighted by Gasteiger charge is 2.21. The van der Waals surface area contributed by atoms with Crippen LogP contribution in [0.2, 0.25) is 5.02 Å². The summed E-state index contributed by atoms with van der Waals surface area (Å²) in [5.41, 5.74) is 8.85. The number of para-hydroxylation sites is 1. The van der Waals surface area contributed by atoms with E-state index in [4.69, 9.17) is 22.1 Å². The Hall–Kier alpha value is -3.19. The SMILES string of the molecule is COc1ccc(N2CCN(c3ncnc(Nc4ccccc4Cl)c3N)CC2)cc1. The minimum Gasteiger partial charge on any atom is -0.497 e. The lowest BCUT2D eigenvalue weighted by atomic mass is 10.2. The quantitative estimate of drug-likeness (QED) is 0.662. The molecule has 1 saturated heterocycles. The maximum atomic E-state index is 6.39. The third kappa shape index (κ3) is 4.14. The van der Waals surface area contributed by atoms with Gasteiger partial charge in [-0.25, -0.2) is 9.97 Å². The Kier molecular flexibility index (Phi) is 5.57. The Morgan fingerprint density at radius 3 is 2.34 bits per heavy atom. The highest BCUT2D eigenvalue weighted by molar-refractivity contribution is 6.33. The largest absolute Gasteiger partial charge is 0.497 e. The molecular formula is C21H23ClN6O. The van der Waals surface area contributed by atoms with Crippen LogP contribution in [0.5, 0.6) is 5.75 Å². The van der Waals surface area contributed by atoms with Gasteiger partial charge in [0.15, 0.2) is 11.6 Å². The summed E-state index contributed by atoms with van der Waals surface area (Å²) in [6.07, 6.45) is 1.53. The number of ether oxygens (including phenoxy) is 1. The van der Waals surface area contributed by atoms with Crippen molar-refractivity contribution in [2.45, 2.75) is 0 Å². The molecule has 2 heterocycles. The Morgan fingerprint density at radius 2 is 1.66 bits per heavy atom. The fraction of sp³-hybridized carbons (Fsp3) is 0.238. The lowest BCUT2D eigenvalue weighted by Gasteiger charge is -2.37. The number of hydrogen-bond donors (Lipinski definition) is 2. The minimum atomic E-state index is 0.519. The van der Waals surface area contributed by atoms with Crippen LogP contribution in [0, 0.1) is 0 Å². The summed E-state index contributed by atoms with van der Waals surface area (Å²) in [7, 11) is 1.68. The third-order valence-corrected chi connectivity index (χ3v) is 5.34. The van der Waals surface area contributed by atoms with E-state index in [-0.39, 0.29) is 0 Å². The number of nitrogens with two attached hydrogens (primary N) is 1. The van der Waals surface area contributed by atoms with Crippen LogP contribution in [0.25, 0.3) is 0 Å². The zero-order valence-electron chi connectivity index (χ0n) is 16.2. The van der Waals surface area contributed by atoms with Crippen molar-refractivity contribution in [1.82, 2.24) is 9.97 Å². The van der Waals surface area contributed by atoms with Crippen molar-refractivity contribution in [3.8, 4) is 5.75 Å². The van der Waals surface area contributed by atoms with Gasteiger partial charge < -0.3 is 25.6 Å². The number of nitrogen functional groups attached to an aromatic ring is 1. The predicted molar refractivity (Wildman–Crippen MR) is 119 cm³/mol. The maximum absolute atomic E-state index is 6.39. The van der Waals surface area contributed by atoms with Gasteiger partial charge in [0.2, 0.25) is 0 Å². The second-order valence-corrected chi connectivity index (χ2v) is 7.14. The normalized spacial score (nSPS) is 14.0. The molecule has 29 heavy (non-hydrogen) atoms. The average Bonchev–Trinajstić information content (AvgIpc) is 2.77. The number of anilines is 5. The molecule has 4 rings (SSSR count). The van der Waals surface area contributed by atoms with Crippen molar-refractivity contribution in [1.29, 1.82) is 0 Å². The van der Waals surface area contributed by atoms with Crippen LogP contribution in [0.15, 0.2) is 54.9 Å². The van der Waals surface area contributed by atoms with Crippen LogP contribution in [0.4, 0.5) is 28.7 Å². The first-order valence-electron chi connectivity index (χ1n) is 9.41. The van der Waals surface area contributed by atoms with E-state index >= 15 is 0 Å². The van der Waals surface area contributed by atoms with E-state index in [1.165, 1.54) is 12.0 Å². The van der Waals surface area contributed by atoms with Gasteiger partial charge in [0.05, 0.1) is 17.8 Å². The highest BCUT2D eigenvalue weighted by atomic mass is 35.5. The number of nitrogens with one attached hydrogen (secondary N) is 1. The predicted octanol–water partition coefficient (Wildman–Crippen LogP) is 3.79. The smallest absolute Gasteiger partial charge is 0.159 e. The van der Waals surface area contributed by atoms with E-state index in [0.29, 0.717) is 16.5 Å². The van der Waals surface area contributed by atoms with Crippen molar-refractivity contribution in [3.63, 3.8) is 0 Å². The average molecular weight is 411 g/mol. The molecule has 0 aliphatic carbocycles. The summed E-state index contributed by atoms with van der Waals surface area (Å²) in [5.74, 6) is 2.16. The summed E-state index contributed by atoms with van der Waals surface area (Å²) in [5, 5.41) is 3.82. The molecule has 0 radical (unpaired) electrons. The molecule has 1 fully saturated rings. The molecule has 1 aromatic heterocycles. The van der Waals surface area contributed by atoms with Gasteiger partial charge in [0, 0.05) is 31.9 Å². The van der Waals surface area contributed by atoms with Crippen LogP contribution in [-0.2, 0) is 0 Å². The van der Waals surface area contributed by atoms with Gasteiger partial charge >= 0.3 is 0 Å². The van der Waals surface area contributed by atoms with E-state index in [1.807, 2.05) is 36.4 Å². The van der Waals surface area contributed by atoms with Crippen molar-refractivity contribution >= 4 is 40.3 Å². The molecule has 2 aromatic carbocycles. The zero-order valence-corrected chi connectivity index (χ0v) is 16.9. The van der Waals surface area contributed by atoms with Crippen molar-refractivity contribution in [3.05, 3.63) is 59.9 Å². The number of methoxy groups -OCH3 is 1. The first kappa shape index (κ1) is 19.1. The maximum Gasteiger partial charge on any atom is 0.159 e. The van der Waals surface area contributed by atoms with E-state index in [1.54, 1.807) is 7.11 Å². The van der Waals surface area contributed by atoms with Gasteiger partial charge in [0.25, 0.3) is 0 Å². The van der Waals surface area contributed by atoms with Crippen molar-refractivity contribution < 1.29 is 4.74 Å². The highest BCUT2D eigenvalue weighted by Crippen LogP contribution is 2.32. The van der Waals surface area contributed by atoms with Crippen molar-refractivity contribution in [2.24, 2.45) is 0 Å². The summed E-state index contributed by atoms with van der Waals surface area (Å²) in [6.45, 7) is 3.39. The fourth-order valence-corrected chi connectivity index (χ4v) is 3.58. The van der Waals surface area contributed by atoms with Gasteiger partial charge in [-0.3, -0.25) is 0 Å². The fourth-order valence-electron chi connectivity index (χ4n) is 3.40. The summed E-state index contributed by atoms with van der Waals surface area (Å²) >= 11 is 6.24. The van der Waals surface area contributed by atoms with Crippen LogP contribution in [-0.4, -0.2) is 43.3 Å². The van der Waals surface area contributed by atoms with Gasteiger partial charge in [-0.2, -0.15) is 0 Å². The number of rotatable bonds is 5. The Morgan fingerprint density at radius 1 is 0.966 bits per heavy atom. The monoisotopic (exact) mass is 410 g/mol. The molecule has 0 saturated carbocycles. The molecule has 3 N–H and O–H groups in total. The minimum absolute atomic E-state index is 0.519. The number of nitrogens with zero attached hydrogens (tertiary/aromatic N) is 4. The molecule has 150 valence electrons. The molecule has 7 nitrogen and oxygen atoms in total. The standard InChI is InChI=1S/C21H23ClN6O/c1-29-16-8-6-15(7-9-16)27-10-12-28(13-11-27)21-19(23)20(24-14-25-21)26-18-5-3-2-4-17(18)22/h2-9,14H,10-13,23H2,1H3,(H,24,25,26). The van der Waals surface area contributed by atoms with E-state index < -0.39 is 0 Å². The molecule has 1 aliphatic heterocycles. The first-order valence-corrected chi connectivity index (χ1v) is 9.79. The lowest BCUT2D eigenvalue weighted by Crippen LogP contribution is -2.47. The van der Waals surface area contributed by atoms with Crippen LogP contribution < -0.4 is 25.6 Å².